The van der Waals surface area contributed by atoms with Crippen LogP contribution >= 0.6 is 0 Å². The highest BCUT2D eigenvalue weighted by Gasteiger charge is 2.08. The van der Waals surface area contributed by atoms with E-state index in [0.29, 0.717) is 6.10 Å². The van der Waals surface area contributed by atoms with Crippen LogP contribution in [-0.4, -0.2) is 13.2 Å². The van der Waals surface area contributed by atoms with Gasteiger partial charge in [-0.05, 0) is 30.4 Å². The molecule has 1 aromatic carbocycles. The van der Waals surface area contributed by atoms with E-state index in [1.807, 2.05) is 0 Å². The zero-order valence-corrected chi connectivity index (χ0v) is 10.1. The highest BCUT2D eigenvalue weighted by atomic mass is 16.5. The fourth-order valence-corrected chi connectivity index (χ4v) is 1.91. The molecular formula is C14H22O. The Balaban J connectivity index is 2.73. The van der Waals surface area contributed by atoms with E-state index in [1.54, 1.807) is 7.11 Å². The number of benzene rings is 1. The summed E-state index contributed by atoms with van der Waals surface area (Å²) in [5.41, 5.74) is 2.93. The van der Waals surface area contributed by atoms with Crippen molar-refractivity contribution in [2.45, 2.75) is 45.6 Å². The van der Waals surface area contributed by atoms with Crippen molar-refractivity contribution in [2.75, 3.05) is 7.11 Å². The summed E-state index contributed by atoms with van der Waals surface area (Å²) >= 11 is 0. The van der Waals surface area contributed by atoms with Gasteiger partial charge in [-0.3, -0.25) is 0 Å². The Morgan fingerprint density at radius 3 is 2.33 bits per heavy atom. The number of methoxy groups -OCH3 is 1. The van der Waals surface area contributed by atoms with Crippen LogP contribution in [0.1, 0.15) is 37.8 Å². The lowest BCUT2D eigenvalue weighted by atomic mass is 9.97. The largest absolute Gasteiger partial charge is 0.381 e. The van der Waals surface area contributed by atoms with Crippen LogP contribution in [0.25, 0.3) is 0 Å². The summed E-state index contributed by atoms with van der Waals surface area (Å²) in [6, 6.07) is 8.72. The van der Waals surface area contributed by atoms with Gasteiger partial charge in [0.15, 0.2) is 0 Å². The third-order valence-electron chi connectivity index (χ3n) is 2.87. The molecule has 0 fully saturated rings. The molecule has 0 aliphatic carbocycles. The predicted molar refractivity (Wildman–Crippen MR) is 65.2 cm³/mol. The van der Waals surface area contributed by atoms with Crippen molar-refractivity contribution in [3.63, 3.8) is 0 Å². The van der Waals surface area contributed by atoms with Gasteiger partial charge < -0.3 is 4.74 Å². The van der Waals surface area contributed by atoms with Crippen molar-refractivity contribution in [3.05, 3.63) is 35.4 Å². The standard InChI is InChI=1S/C14H22O/c1-4-8-12-9-6-7-10-13(12)11-14(5-2)15-3/h6-7,9-10,14H,4-5,8,11H2,1-3H3. The molecule has 1 aromatic rings. The second kappa shape index (κ2) is 6.62. The molecule has 0 amide bonds. The van der Waals surface area contributed by atoms with Gasteiger partial charge in [0.05, 0.1) is 6.10 Å². The number of rotatable bonds is 6. The van der Waals surface area contributed by atoms with Crippen LogP contribution in [0.15, 0.2) is 24.3 Å². The van der Waals surface area contributed by atoms with Crippen molar-refractivity contribution in [1.29, 1.82) is 0 Å². The summed E-state index contributed by atoms with van der Waals surface area (Å²) in [7, 11) is 1.80. The van der Waals surface area contributed by atoms with Crippen LogP contribution in [0.5, 0.6) is 0 Å². The number of aryl methyl sites for hydroxylation is 1. The Morgan fingerprint density at radius 2 is 1.80 bits per heavy atom. The zero-order chi connectivity index (χ0) is 11.1. The lowest BCUT2D eigenvalue weighted by Crippen LogP contribution is -2.13. The molecule has 15 heavy (non-hydrogen) atoms. The van der Waals surface area contributed by atoms with Crippen molar-refractivity contribution >= 4 is 0 Å². The normalized spacial score (nSPS) is 12.7. The topological polar surface area (TPSA) is 9.23 Å². The van der Waals surface area contributed by atoms with E-state index < -0.39 is 0 Å². The summed E-state index contributed by atoms with van der Waals surface area (Å²) in [5, 5.41) is 0. The van der Waals surface area contributed by atoms with E-state index >= 15 is 0 Å². The maximum Gasteiger partial charge on any atom is 0.0609 e. The third-order valence-corrected chi connectivity index (χ3v) is 2.87. The van der Waals surface area contributed by atoms with E-state index in [1.165, 1.54) is 24.0 Å². The molecule has 1 atom stereocenters. The first-order chi connectivity index (χ1) is 7.31. The van der Waals surface area contributed by atoms with Gasteiger partial charge >= 0.3 is 0 Å². The lowest BCUT2D eigenvalue weighted by Gasteiger charge is -2.15. The summed E-state index contributed by atoms with van der Waals surface area (Å²) in [6.45, 7) is 4.40. The van der Waals surface area contributed by atoms with E-state index in [2.05, 4.69) is 38.1 Å². The second-order valence-corrected chi connectivity index (χ2v) is 3.99. The number of ether oxygens (including phenoxy) is 1. The monoisotopic (exact) mass is 206 g/mol. The Labute approximate surface area is 93.5 Å². The molecular weight excluding hydrogens is 184 g/mol. The second-order valence-electron chi connectivity index (χ2n) is 3.99. The predicted octanol–water partition coefficient (Wildman–Crippen LogP) is 3.61. The highest BCUT2D eigenvalue weighted by Crippen LogP contribution is 2.15. The van der Waals surface area contributed by atoms with Crippen LogP contribution in [0.4, 0.5) is 0 Å². The quantitative estimate of drug-likeness (QED) is 0.691. The molecule has 0 aromatic heterocycles. The molecule has 0 aliphatic heterocycles. The van der Waals surface area contributed by atoms with E-state index in [0.717, 1.165) is 12.8 Å². The molecule has 0 N–H and O–H groups in total. The first kappa shape index (κ1) is 12.3. The smallest absolute Gasteiger partial charge is 0.0609 e. The fourth-order valence-electron chi connectivity index (χ4n) is 1.91. The maximum atomic E-state index is 5.44. The van der Waals surface area contributed by atoms with Gasteiger partial charge in [0.1, 0.15) is 0 Å². The SMILES string of the molecule is CCCc1ccccc1CC(CC)OC. The average Bonchev–Trinajstić information content (AvgIpc) is 2.28. The summed E-state index contributed by atoms with van der Waals surface area (Å²) in [6.07, 6.45) is 4.88. The number of hydrogen-bond acceptors (Lipinski definition) is 1. The first-order valence-electron chi connectivity index (χ1n) is 5.91. The molecule has 0 bridgehead atoms. The molecule has 0 heterocycles. The van der Waals surface area contributed by atoms with Gasteiger partial charge in [-0.15, -0.1) is 0 Å². The molecule has 1 nitrogen and oxygen atoms in total. The van der Waals surface area contributed by atoms with Crippen molar-refractivity contribution in [3.8, 4) is 0 Å². The molecule has 0 radical (unpaired) electrons. The average molecular weight is 206 g/mol. The minimum atomic E-state index is 0.364. The maximum absolute atomic E-state index is 5.44. The Hall–Kier alpha value is -0.820. The van der Waals surface area contributed by atoms with Gasteiger partial charge in [0, 0.05) is 7.11 Å². The van der Waals surface area contributed by atoms with Crippen LogP contribution in [0.2, 0.25) is 0 Å². The third kappa shape index (κ3) is 3.67. The van der Waals surface area contributed by atoms with Crippen molar-refractivity contribution < 1.29 is 4.74 Å². The minimum Gasteiger partial charge on any atom is -0.381 e. The molecule has 0 saturated heterocycles. The highest BCUT2D eigenvalue weighted by molar-refractivity contribution is 5.27. The van der Waals surface area contributed by atoms with Crippen molar-refractivity contribution in [2.24, 2.45) is 0 Å². The van der Waals surface area contributed by atoms with Crippen LogP contribution in [0, 0.1) is 0 Å². The summed E-state index contributed by atoms with van der Waals surface area (Å²) in [4.78, 5) is 0. The molecule has 0 spiro atoms. The molecule has 84 valence electrons. The summed E-state index contributed by atoms with van der Waals surface area (Å²) < 4.78 is 5.44. The van der Waals surface area contributed by atoms with Gasteiger partial charge in [-0.1, -0.05) is 44.5 Å². The Bertz CT molecular complexity index is 276. The van der Waals surface area contributed by atoms with E-state index in [9.17, 15) is 0 Å². The Morgan fingerprint density at radius 1 is 1.13 bits per heavy atom. The summed E-state index contributed by atoms with van der Waals surface area (Å²) in [5.74, 6) is 0. The van der Waals surface area contributed by atoms with Crippen molar-refractivity contribution in [1.82, 2.24) is 0 Å². The molecule has 0 aliphatic rings. The van der Waals surface area contributed by atoms with E-state index in [-0.39, 0.29) is 0 Å². The molecule has 0 saturated carbocycles. The molecule has 1 unspecified atom stereocenters. The van der Waals surface area contributed by atoms with Gasteiger partial charge in [-0.2, -0.15) is 0 Å². The molecule has 1 heteroatoms. The lowest BCUT2D eigenvalue weighted by molar-refractivity contribution is 0.0996. The van der Waals surface area contributed by atoms with Gasteiger partial charge in [-0.25, -0.2) is 0 Å². The van der Waals surface area contributed by atoms with Gasteiger partial charge in [0.25, 0.3) is 0 Å². The first-order valence-corrected chi connectivity index (χ1v) is 5.91. The molecule has 1 rings (SSSR count). The van der Waals surface area contributed by atoms with Crippen LogP contribution in [0.3, 0.4) is 0 Å². The van der Waals surface area contributed by atoms with Gasteiger partial charge in [0.2, 0.25) is 0 Å². The Kier molecular flexibility index (Phi) is 5.41. The zero-order valence-electron chi connectivity index (χ0n) is 10.1. The van der Waals surface area contributed by atoms with Crippen LogP contribution < -0.4 is 0 Å². The number of hydrogen-bond donors (Lipinski definition) is 0. The minimum absolute atomic E-state index is 0.364. The van der Waals surface area contributed by atoms with Crippen LogP contribution in [-0.2, 0) is 17.6 Å². The fraction of sp³-hybridized carbons (Fsp3) is 0.571. The van der Waals surface area contributed by atoms with E-state index in [4.69, 9.17) is 4.74 Å².